The maximum atomic E-state index is 8.71. The Hall–Kier alpha value is -2.97. The molecular formula is C9H8N8O. The van der Waals surface area contributed by atoms with E-state index in [0.29, 0.717) is 17.0 Å². The molecule has 9 nitrogen and oxygen atoms in total. The van der Waals surface area contributed by atoms with E-state index in [4.69, 9.17) is 10.9 Å². The van der Waals surface area contributed by atoms with Crippen LogP contribution in [-0.4, -0.2) is 40.5 Å². The molecule has 0 saturated carbocycles. The van der Waals surface area contributed by atoms with Gasteiger partial charge in [0.15, 0.2) is 17.3 Å². The lowest BCUT2D eigenvalue weighted by molar-refractivity contribution is 0.318. The van der Waals surface area contributed by atoms with Crippen molar-refractivity contribution in [2.75, 3.05) is 0 Å². The Morgan fingerprint density at radius 3 is 3.06 bits per heavy atom. The van der Waals surface area contributed by atoms with Crippen molar-refractivity contribution in [3.8, 4) is 5.82 Å². The monoisotopic (exact) mass is 244 g/mol. The lowest BCUT2D eigenvalue weighted by atomic mass is 10.4. The molecule has 0 unspecified atom stereocenters. The van der Waals surface area contributed by atoms with Crippen molar-refractivity contribution >= 4 is 17.0 Å². The molecule has 0 amide bonds. The minimum absolute atomic E-state index is 0.105. The van der Waals surface area contributed by atoms with Crippen LogP contribution in [0.25, 0.3) is 17.0 Å². The number of nitrogens with two attached hydrogens (primary N) is 1. The fraction of sp³-hybridized carbons (Fsp3) is 0. The molecule has 3 aromatic rings. The average Bonchev–Trinajstić information content (AvgIpc) is 3.05. The van der Waals surface area contributed by atoms with E-state index in [0.717, 1.165) is 0 Å². The third kappa shape index (κ3) is 1.38. The van der Waals surface area contributed by atoms with Gasteiger partial charge in [0.2, 0.25) is 5.84 Å². The predicted molar refractivity (Wildman–Crippen MR) is 61.3 cm³/mol. The molecule has 0 saturated heterocycles. The van der Waals surface area contributed by atoms with E-state index in [1.807, 2.05) is 0 Å². The maximum absolute atomic E-state index is 8.71. The first-order valence-electron chi connectivity index (χ1n) is 4.97. The molecule has 3 heterocycles. The molecule has 90 valence electrons. The smallest absolute Gasteiger partial charge is 0.206 e. The molecule has 0 fully saturated rings. The van der Waals surface area contributed by atoms with Gasteiger partial charge in [-0.05, 0) is 0 Å². The number of hydrogen-bond acceptors (Lipinski definition) is 6. The number of nitrogens with one attached hydrogen (secondary N) is 1. The van der Waals surface area contributed by atoms with Crippen LogP contribution in [0.3, 0.4) is 0 Å². The van der Waals surface area contributed by atoms with Gasteiger partial charge in [0.25, 0.3) is 0 Å². The Morgan fingerprint density at radius 2 is 2.22 bits per heavy atom. The quantitative estimate of drug-likeness (QED) is 0.244. The van der Waals surface area contributed by atoms with E-state index in [1.54, 1.807) is 10.8 Å². The summed E-state index contributed by atoms with van der Waals surface area (Å²) in [7, 11) is 0. The van der Waals surface area contributed by atoms with Gasteiger partial charge in [0.05, 0.1) is 6.33 Å². The zero-order valence-corrected chi connectivity index (χ0v) is 9.02. The summed E-state index contributed by atoms with van der Waals surface area (Å²) in [5.41, 5.74) is 6.71. The first-order valence-corrected chi connectivity index (χ1v) is 4.97. The largest absolute Gasteiger partial charge is 0.409 e. The second kappa shape index (κ2) is 3.80. The third-order valence-corrected chi connectivity index (χ3v) is 2.41. The van der Waals surface area contributed by atoms with E-state index >= 15 is 0 Å². The zero-order chi connectivity index (χ0) is 12.5. The predicted octanol–water partition coefficient (Wildman–Crippen LogP) is -0.367. The number of rotatable bonds is 2. The Bertz CT molecular complexity index is 727. The van der Waals surface area contributed by atoms with Gasteiger partial charge >= 0.3 is 0 Å². The summed E-state index contributed by atoms with van der Waals surface area (Å²) in [6.45, 7) is 0. The van der Waals surface area contributed by atoms with Gasteiger partial charge in [0.1, 0.15) is 11.8 Å². The summed E-state index contributed by atoms with van der Waals surface area (Å²) in [6, 6.07) is 0. The molecule has 0 atom stereocenters. The van der Waals surface area contributed by atoms with Gasteiger partial charge in [-0.25, -0.2) is 19.9 Å². The molecule has 0 aliphatic rings. The van der Waals surface area contributed by atoms with E-state index < -0.39 is 0 Å². The number of amidine groups is 1. The average molecular weight is 244 g/mol. The second-order valence-electron chi connectivity index (χ2n) is 3.40. The third-order valence-electron chi connectivity index (χ3n) is 2.41. The second-order valence-corrected chi connectivity index (χ2v) is 3.40. The van der Waals surface area contributed by atoms with E-state index in [-0.39, 0.29) is 11.7 Å². The molecule has 18 heavy (non-hydrogen) atoms. The SMILES string of the molecule is NC(=NO)c1nccn1-c1ncnc2nc[nH]c12. The number of aromatic nitrogens is 6. The highest BCUT2D eigenvalue weighted by Gasteiger charge is 2.14. The first-order chi connectivity index (χ1) is 8.81. The highest BCUT2D eigenvalue weighted by molar-refractivity contribution is 5.94. The van der Waals surface area contributed by atoms with E-state index in [2.05, 4.69) is 30.1 Å². The van der Waals surface area contributed by atoms with Crippen molar-refractivity contribution < 1.29 is 5.21 Å². The van der Waals surface area contributed by atoms with Gasteiger partial charge in [0, 0.05) is 12.4 Å². The lowest BCUT2D eigenvalue weighted by Gasteiger charge is -2.05. The highest BCUT2D eigenvalue weighted by atomic mass is 16.4. The molecule has 4 N–H and O–H groups in total. The summed E-state index contributed by atoms with van der Waals surface area (Å²) in [6.07, 6.45) is 6.07. The molecular weight excluding hydrogens is 236 g/mol. The standard InChI is InChI=1S/C9H8N8O/c10-6(16-18)9-11-1-2-17(9)8-5-7(13-3-12-5)14-4-15-8/h1-4,18H,(H2,10,16)(H,12,13,14,15). The van der Waals surface area contributed by atoms with Crippen molar-refractivity contribution in [2.24, 2.45) is 10.9 Å². The van der Waals surface area contributed by atoms with Crippen LogP contribution in [0, 0.1) is 0 Å². The van der Waals surface area contributed by atoms with Crippen LogP contribution in [0.1, 0.15) is 5.82 Å². The van der Waals surface area contributed by atoms with Crippen molar-refractivity contribution in [3.63, 3.8) is 0 Å². The van der Waals surface area contributed by atoms with Gasteiger partial charge in [-0.1, -0.05) is 5.16 Å². The number of oxime groups is 1. The van der Waals surface area contributed by atoms with Gasteiger partial charge < -0.3 is 15.9 Å². The van der Waals surface area contributed by atoms with Crippen molar-refractivity contribution in [3.05, 3.63) is 30.9 Å². The van der Waals surface area contributed by atoms with Gasteiger partial charge in [-0.15, -0.1) is 0 Å². The molecule has 0 radical (unpaired) electrons. The topological polar surface area (TPSA) is 131 Å². The molecule has 9 heteroatoms. The maximum Gasteiger partial charge on any atom is 0.206 e. The van der Waals surface area contributed by atoms with Crippen LogP contribution in [0.4, 0.5) is 0 Å². The van der Waals surface area contributed by atoms with E-state index in [1.165, 1.54) is 18.9 Å². The summed E-state index contributed by atoms with van der Waals surface area (Å²) in [4.78, 5) is 19.1. The number of imidazole rings is 2. The van der Waals surface area contributed by atoms with Crippen LogP contribution in [0.15, 0.2) is 30.2 Å². The van der Waals surface area contributed by atoms with Crippen LogP contribution >= 0.6 is 0 Å². The van der Waals surface area contributed by atoms with Crippen molar-refractivity contribution in [2.45, 2.75) is 0 Å². The molecule has 0 spiro atoms. The zero-order valence-electron chi connectivity index (χ0n) is 9.02. The van der Waals surface area contributed by atoms with Crippen LogP contribution in [0.5, 0.6) is 0 Å². The first kappa shape index (κ1) is 10.2. The van der Waals surface area contributed by atoms with Crippen LogP contribution < -0.4 is 5.73 Å². The Morgan fingerprint density at radius 1 is 1.33 bits per heavy atom. The molecule has 0 aromatic carbocycles. The summed E-state index contributed by atoms with van der Waals surface area (Å²) in [5, 5.41) is 11.6. The summed E-state index contributed by atoms with van der Waals surface area (Å²) < 4.78 is 1.58. The molecule has 0 aliphatic carbocycles. The molecule has 3 rings (SSSR count). The Labute approximate surface area is 100 Å². The molecule has 0 aliphatic heterocycles. The fourth-order valence-electron chi connectivity index (χ4n) is 1.64. The molecule has 3 aromatic heterocycles. The summed E-state index contributed by atoms with van der Waals surface area (Å²) in [5.74, 6) is 0.704. The van der Waals surface area contributed by atoms with Crippen LogP contribution in [0.2, 0.25) is 0 Å². The number of hydrogen-bond donors (Lipinski definition) is 3. The highest BCUT2D eigenvalue weighted by Crippen LogP contribution is 2.15. The number of nitrogens with zero attached hydrogens (tertiary/aromatic N) is 6. The molecule has 0 bridgehead atoms. The van der Waals surface area contributed by atoms with Crippen molar-refractivity contribution in [1.29, 1.82) is 0 Å². The fourth-order valence-corrected chi connectivity index (χ4v) is 1.64. The Kier molecular flexibility index (Phi) is 2.15. The lowest BCUT2D eigenvalue weighted by Crippen LogP contribution is -2.19. The number of aromatic amines is 1. The van der Waals surface area contributed by atoms with Crippen LogP contribution in [-0.2, 0) is 0 Å². The summed E-state index contributed by atoms with van der Waals surface area (Å²) >= 11 is 0. The Balaban J connectivity index is 2.27. The van der Waals surface area contributed by atoms with E-state index in [9.17, 15) is 0 Å². The van der Waals surface area contributed by atoms with Crippen molar-refractivity contribution in [1.82, 2.24) is 29.5 Å². The normalized spacial score (nSPS) is 12.1. The van der Waals surface area contributed by atoms with Gasteiger partial charge in [-0.3, -0.25) is 4.57 Å². The minimum Gasteiger partial charge on any atom is -0.409 e. The number of fused-ring (bicyclic) bond motifs is 1. The van der Waals surface area contributed by atoms with Gasteiger partial charge in [-0.2, -0.15) is 0 Å². The minimum atomic E-state index is -0.105. The number of H-pyrrole nitrogens is 1.